The Morgan fingerprint density at radius 1 is 1.28 bits per heavy atom. The summed E-state index contributed by atoms with van der Waals surface area (Å²) >= 11 is 6.56. The van der Waals surface area contributed by atoms with Crippen LogP contribution in [-0.4, -0.2) is 4.98 Å². The van der Waals surface area contributed by atoms with Gasteiger partial charge in [0.05, 0.1) is 5.56 Å². The lowest BCUT2D eigenvalue weighted by molar-refractivity contribution is -0.140. The summed E-state index contributed by atoms with van der Waals surface area (Å²) in [6.45, 7) is 0. The number of alkyl halides is 3. The van der Waals surface area contributed by atoms with Crippen LogP contribution >= 0.6 is 22.9 Å². The number of aromatic nitrogens is 1. The summed E-state index contributed by atoms with van der Waals surface area (Å²) in [6, 6.07) is 2.35. The largest absolute Gasteiger partial charge is 0.431 e. The highest BCUT2D eigenvalue weighted by atomic mass is 35.5. The summed E-state index contributed by atoms with van der Waals surface area (Å²) < 4.78 is 55.4. The molecule has 1 aromatic heterocycles. The number of hydrogen-bond donors (Lipinski definition) is 0. The maximum Gasteiger partial charge on any atom is 0.419 e. The first kappa shape index (κ1) is 13.1. The Labute approximate surface area is 108 Å². The molecule has 1 heterocycles. The molecular formula is C10H4ClF4NOS. The Hall–Kier alpha value is -1.34. The van der Waals surface area contributed by atoms with E-state index in [1.165, 1.54) is 5.38 Å². The van der Waals surface area contributed by atoms with Gasteiger partial charge < -0.3 is 4.74 Å². The van der Waals surface area contributed by atoms with Crippen molar-refractivity contribution in [2.24, 2.45) is 0 Å². The van der Waals surface area contributed by atoms with Gasteiger partial charge in [0.25, 0.3) is 5.19 Å². The highest BCUT2D eigenvalue weighted by molar-refractivity contribution is 7.11. The number of hydrogen-bond acceptors (Lipinski definition) is 3. The first-order chi connectivity index (χ1) is 8.36. The molecule has 0 bridgehead atoms. The molecule has 0 N–H and O–H groups in total. The SMILES string of the molecule is Fc1ccc(Oc2nc(Cl)cs2)cc1C(F)(F)F. The number of halogens is 5. The Bertz CT molecular complexity index is 569. The van der Waals surface area contributed by atoms with Crippen molar-refractivity contribution in [2.75, 3.05) is 0 Å². The van der Waals surface area contributed by atoms with Crippen LogP contribution in [0.2, 0.25) is 5.15 Å². The molecule has 2 rings (SSSR count). The first-order valence-electron chi connectivity index (χ1n) is 4.52. The number of rotatable bonds is 2. The van der Waals surface area contributed by atoms with Gasteiger partial charge in [0.2, 0.25) is 0 Å². The minimum absolute atomic E-state index is 0.0831. The molecule has 0 aliphatic rings. The van der Waals surface area contributed by atoms with E-state index in [0.29, 0.717) is 12.1 Å². The summed E-state index contributed by atoms with van der Waals surface area (Å²) in [4.78, 5) is 3.71. The molecule has 0 saturated heterocycles. The molecular weight excluding hydrogens is 294 g/mol. The van der Waals surface area contributed by atoms with Crippen molar-refractivity contribution in [1.29, 1.82) is 0 Å². The minimum atomic E-state index is -4.77. The van der Waals surface area contributed by atoms with Gasteiger partial charge in [0.1, 0.15) is 16.7 Å². The molecule has 0 fully saturated rings. The minimum Gasteiger partial charge on any atom is -0.431 e. The molecule has 18 heavy (non-hydrogen) atoms. The smallest absolute Gasteiger partial charge is 0.419 e. The molecule has 2 aromatic rings. The lowest BCUT2D eigenvalue weighted by atomic mass is 10.2. The predicted molar refractivity (Wildman–Crippen MR) is 58.6 cm³/mol. The molecule has 0 amide bonds. The second-order valence-electron chi connectivity index (χ2n) is 3.18. The van der Waals surface area contributed by atoms with Crippen LogP contribution in [0.5, 0.6) is 10.9 Å². The molecule has 8 heteroatoms. The maximum atomic E-state index is 13.0. The molecule has 0 spiro atoms. The second-order valence-corrected chi connectivity index (χ2v) is 4.39. The highest BCUT2D eigenvalue weighted by Gasteiger charge is 2.34. The molecule has 0 aliphatic carbocycles. The average molecular weight is 298 g/mol. The van der Waals surface area contributed by atoms with Crippen LogP contribution in [0.4, 0.5) is 17.6 Å². The summed E-state index contributed by atoms with van der Waals surface area (Å²) in [7, 11) is 0. The van der Waals surface area contributed by atoms with Crippen molar-refractivity contribution in [2.45, 2.75) is 6.18 Å². The zero-order chi connectivity index (χ0) is 13.3. The van der Waals surface area contributed by atoms with Gasteiger partial charge in [-0.2, -0.15) is 18.2 Å². The van der Waals surface area contributed by atoms with Crippen molar-refractivity contribution in [3.05, 3.63) is 40.1 Å². The van der Waals surface area contributed by atoms with Crippen LogP contribution in [0.1, 0.15) is 5.56 Å². The van der Waals surface area contributed by atoms with E-state index in [2.05, 4.69) is 4.98 Å². The van der Waals surface area contributed by atoms with E-state index < -0.39 is 17.6 Å². The van der Waals surface area contributed by atoms with Crippen molar-refractivity contribution >= 4 is 22.9 Å². The van der Waals surface area contributed by atoms with Crippen LogP contribution < -0.4 is 4.74 Å². The Morgan fingerprint density at radius 2 is 2.00 bits per heavy atom. The third kappa shape index (κ3) is 2.91. The van der Waals surface area contributed by atoms with Gasteiger partial charge in [-0.25, -0.2) is 4.39 Å². The number of ether oxygens (including phenoxy) is 1. The third-order valence-corrected chi connectivity index (χ3v) is 2.94. The van der Waals surface area contributed by atoms with Crippen molar-refractivity contribution in [1.82, 2.24) is 4.98 Å². The summed E-state index contributed by atoms with van der Waals surface area (Å²) in [5.41, 5.74) is -1.39. The molecule has 0 atom stereocenters. The third-order valence-electron chi connectivity index (χ3n) is 1.90. The lowest BCUT2D eigenvalue weighted by Gasteiger charge is -2.09. The van der Waals surface area contributed by atoms with Gasteiger partial charge >= 0.3 is 6.18 Å². The summed E-state index contributed by atoms with van der Waals surface area (Å²) in [6.07, 6.45) is -4.77. The second kappa shape index (κ2) is 4.74. The van der Waals surface area contributed by atoms with Gasteiger partial charge in [-0.05, 0) is 18.2 Å². The molecule has 0 saturated carbocycles. The number of nitrogens with zero attached hydrogens (tertiary/aromatic N) is 1. The van der Waals surface area contributed by atoms with Crippen molar-refractivity contribution in [3.8, 4) is 10.9 Å². The summed E-state index contributed by atoms with van der Waals surface area (Å²) in [5, 5.41) is 1.72. The van der Waals surface area contributed by atoms with Crippen LogP contribution in [0.3, 0.4) is 0 Å². The molecule has 96 valence electrons. The quantitative estimate of drug-likeness (QED) is 0.747. The van der Waals surface area contributed by atoms with Gasteiger partial charge in [-0.15, -0.1) is 0 Å². The van der Waals surface area contributed by atoms with Gasteiger partial charge in [-0.3, -0.25) is 0 Å². The molecule has 0 aliphatic heterocycles. The number of benzene rings is 1. The van der Waals surface area contributed by atoms with Crippen LogP contribution in [0.15, 0.2) is 23.6 Å². The van der Waals surface area contributed by atoms with Gasteiger partial charge in [0, 0.05) is 5.38 Å². The highest BCUT2D eigenvalue weighted by Crippen LogP contribution is 2.35. The van der Waals surface area contributed by atoms with E-state index in [1.807, 2.05) is 0 Å². The predicted octanol–water partition coefficient (Wildman–Crippen LogP) is 4.75. The Balaban J connectivity index is 2.30. The maximum absolute atomic E-state index is 13.0. The van der Waals surface area contributed by atoms with Crippen LogP contribution in [0, 0.1) is 5.82 Å². The van der Waals surface area contributed by atoms with E-state index >= 15 is 0 Å². The Morgan fingerprint density at radius 3 is 2.56 bits per heavy atom. The fourth-order valence-corrected chi connectivity index (χ4v) is 1.98. The van der Waals surface area contributed by atoms with Crippen molar-refractivity contribution < 1.29 is 22.3 Å². The van der Waals surface area contributed by atoms with Gasteiger partial charge in [-0.1, -0.05) is 22.9 Å². The van der Waals surface area contributed by atoms with E-state index in [9.17, 15) is 17.6 Å². The normalized spacial score (nSPS) is 11.6. The monoisotopic (exact) mass is 297 g/mol. The van der Waals surface area contributed by atoms with E-state index in [0.717, 1.165) is 17.4 Å². The molecule has 1 aromatic carbocycles. The Kier molecular flexibility index (Phi) is 3.45. The van der Waals surface area contributed by atoms with Crippen LogP contribution in [0.25, 0.3) is 0 Å². The van der Waals surface area contributed by atoms with E-state index in [4.69, 9.17) is 16.3 Å². The lowest BCUT2D eigenvalue weighted by Crippen LogP contribution is -2.08. The standard InChI is InChI=1S/C10H4ClF4NOS/c11-8-4-18-9(16-8)17-5-1-2-7(12)6(3-5)10(13,14)15/h1-4H. The molecule has 2 nitrogen and oxygen atoms in total. The fourth-order valence-electron chi connectivity index (χ4n) is 1.17. The van der Waals surface area contributed by atoms with Crippen LogP contribution in [-0.2, 0) is 6.18 Å². The average Bonchev–Trinajstić information content (AvgIpc) is 2.65. The first-order valence-corrected chi connectivity index (χ1v) is 5.77. The molecule has 0 unspecified atom stereocenters. The number of thiazole rings is 1. The fraction of sp³-hybridized carbons (Fsp3) is 0.100. The van der Waals surface area contributed by atoms with Crippen molar-refractivity contribution in [3.63, 3.8) is 0 Å². The zero-order valence-electron chi connectivity index (χ0n) is 8.46. The van der Waals surface area contributed by atoms with E-state index in [1.54, 1.807) is 0 Å². The van der Waals surface area contributed by atoms with Gasteiger partial charge in [0.15, 0.2) is 0 Å². The topological polar surface area (TPSA) is 22.1 Å². The zero-order valence-corrected chi connectivity index (χ0v) is 10.0. The van der Waals surface area contributed by atoms with E-state index in [-0.39, 0.29) is 16.1 Å². The molecule has 0 radical (unpaired) electrons. The summed E-state index contributed by atoms with van der Waals surface area (Å²) in [5.74, 6) is -1.51.